The summed E-state index contributed by atoms with van der Waals surface area (Å²) in [7, 11) is -3.58. The number of amides is 1. The van der Waals surface area contributed by atoms with Crippen molar-refractivity contribution in [3.05, 3.63) is 29.8 Å². The second-order valence-electron chi connectivity index (χ2n) is 6.77. The van der Waals surface area contributed by atoms with Crippen LogP contribution < -0.4 is 5.32 Å². The number of hydrogen-bond acceptors (Lipinski definition) is 4. The van der Waals surface area contributed by atoms with E-state index in [4.69, 9.17) is 4.74 Å². The molecule has 2 rings (SSSR count). The number of hydrogen-bond donors (Lipinski definition) is 1. The molecule has 0 unspecified atom stereocenters. The summed E-state index contributed by atoms with van der Waals surface area (Å²) in [5.41, 5.74) is 0.464. The van der Waals surface area contributed by atoms with E-state index >= 15 is 0 Å². The van der Waals surface area contributed by atoms with Crippen LogP contribution >= 0.6 is 0 Å². The van der Waals surface area contributed by atoms with Crippen LogP contribution in [0.4, 0.5) is 0 Å². The van der Waals surface area contributed by atoms with E-state index in [1.54, 1.807) is 12.1 Å². The minimum Gasteiger partial charge on any atom is -0.373 e. The highest BCUT2D eigenvalue weighted by Gasteiger charge is 2.32. The first kappa shape index (κ1) is 19.9. The number of benzene rings is 1. The summed E-state index contributed by atoms with van der Waals surface area (Å²) >= 11 is 0. The number of carbonyl (C=O) groups is 1. The first-order valence-electron chi connectivity index (χ1n) is 8.80. The van der Waals surface area contributed by atoms with Gasteiger partial charge in [-0.05, 0) is 51.5 Å². The van der Waals surface area contributed by atoms with E-state index in [-0.39, 0.29) is 29.1 Å². The highest BCUT2D eigenvalue weighted by atomic mass is 32.2. The van der Waals surface area contributed by atoms with Gasteiger partial charge in [-0.2, -0.15) is 4.31 Å². The number of carbonyl (C=O) groups excluding carboxylic acids is 1. The molecule has 0 saturated carbocycles. The van der Waals surface area contributed by atoms with Crippen LogP contribution in [-0.2, 0) is 14.8 Å². The zero-order valence-corrected chi connectivity index (χ0v) is 16.2. The molecule has 0 bridgehead atoms. The van der Waals surface area contributed by atoms with Crippen molar-refractivity contribution in [3.8, 4) is 0 Å². The van der Waals surface area contributed by atoms with E-state index in [1.807, 2.05) is 20.8 Å². The molecular weight excluding hydrogens is 340 g/mol. The standard InChI is InChI=1S/C18H28N2O4S/c1-5-6-13(2)19-18(21)16-7-9-17(10-8-16)25(22,23)20-11-14(3)24-15(4)12-20/h7-10,13-15H,5-6,11-12H2,1-4H3,(H,19,21)/t13-,14-,15-/m1/s1. The van der Waals surface area contributed by atoms with Crippen LogP contribution in [0.2, 0.25) is 0 Å². The van der Waals surface area contributed by atoms with Crippen LogP contribution in [0.5, 0.6) is 0 Å². The average molecular weight is 368 g/mol. The topological polar surface area (TPSA) is 75.7 Å². The summed E-state index contributed by atoms with van der Waals surface area (Å²) in [6.07, 6.45) is 1.63. The SMILES string of the molecule is CCC[C@@H](C)NC(=O)c1ccc(S(=O)(=O)N2C[C@@H](C)O[C@H](C)C2)cc1. The van der Waals surface area contributed by atoms with Gasteiger partial charge in [0.25, 0.3) is 5.91 Å². The molecule has 7 heteroatoms. The Bertz CT molecular complexity index is 678. The first-order valence-corrected chi connectivity index (χ1v) is 10.2. The molecule has 25 heavy (non-hydrogen) atoms. The fourth-order valence-electron chi connectivity index (χ4n) is 3.07. The van der Waals surface area contributed by atoms with Gasteiger partial charge in [0.1, 0.15) is 0 Å². The van der Waals surface area contributed by atoms with Crippen LogP contribution in [0, 0.1) is 0 Å². The lowest BCUT2D eigenvalue weighted by Crippen LogP contribution is -2.48. The second-order valence-corrected chi connectivity index (χ2v) is 8.70. The number of sulfonamides is 1. The molecule has 0 aromatic heterocycles. The Labute approximate surface area is 150 Å². The third kappa shape index (κ3) is 5.03. The van der Waals surface area contributed by atoms with E-state index in [1.165, 1.54) is 16.4 Å². The van der Waals surface area contributed by atoms with E-state index in [9.17, 15) is 13.2 Å². The maximum Gasteiger partial charge on any atom is 0.251 e. The Balaban J connectivity index is 2.11. The van der Waals surface area contributed by atoms with Crippen LogP contribution in [0.3, 0.4) is 0 Å². The van der Waals surface area contributed by atoms with Gasteiger partial charge in [-0.1, -0.05) is 13.3 Å². The van der Waals surface area contributed by atoms with E-state index in [2.05, 4.69) is 12.2 Å². The van der Waals surface area contributed by atoms with Gasteiger partial charge >= 0.3 is 0 Å². The van der Waals surface area contributed by atoms with Gasteiger partial charge in [0.2, 0.25) is 10.0 Å². The molecule has 1 N–H and O–H groups in total. The number of ether oxygens (including phenoxy) is 1. The van der Waals surface area contributed by atoms with Crippen molar-refractivity contribution in [1.29, 1.82) is 0 Å². The summed E-state index contributed by atoms with van der Waals surface area (Å²) in [6.45, 7) is 8.43. The maximum atomic E-state index is 12.8. The lowest BCUT2D eigenvalue weighted by atomic mass is 10.1. The minimum atomic E-state index is -3.58. The Morgan fingerprint density at radius 1 is 1.24 bits per heavy atom. The molecular formula is C18H28N2O4S. The van der Waals surface area contributed by atoms with Gasteiger partial charge in [-0.15, -0.1) is 0 Å². The summed E-state index contributed by atoms with van der Waals surface area (Å²) in [4.78, 5) is 12.4. The fourth-order valence-corrected chi connectivity index (χ4v) is 4.66. The molecule has 0 aliphatic carbocycles. The smallest absolute Gasteiger partial charge is 0.251 e. The van der Waals surface area contributed by atoms with E-state index in [0.29, 0.717) is 18.7 Å². The molecule has 1 aliphatic heterocycles. The normalized spacial score (nSPS) is 23.2. The quantitative estimate of drug-likeness (QED) is 0.837. The van der Waals surface area contributed by atoms with Gasteiger partial charge in [0.05, 0.1) is 17.1 Å². The van der Waals surface area contributed by atoms with Gasteiger partial charge in [0, 0.05) is 24.7 Å². The molecule has 140 valence electrons. The zero-order valence-electron chi connectivity index (χ0n) is 15.4. The highest BCUT2D eigenvalue weighted by Crippen LogP contribution is 2.21. The summed E-state index contributed by atoms with van der Waals surface area (Å²) < 4.78 is 32.6. The highest BCUT2D eigenvalue weighted by molar-refractivity contribution is 7.89. The third-order valence-electron chi connectivity index (χ3n) is 4.24. The zero-order chi connectivity index (χ0) is 18.6. The molecule has 3 atom stereocenters. The monoisotopic (exact) mass is 368 g/mol. The Morgan fingerprint density at radius 3 is 2.32 bits per heavy atom. The molecule has 0 spiro atoms. The molecule has 1 aliphatic rings. The molecule has 1 amide bonds. The number of nitrogens with one attached hydrogen (secondary N) is 1. The summed E-state index contributed by atoms with van der Waals surface area (Å²) in [6, 6.07) is 6.22. The Hall–Kier alpha value is -1.44. The van der Waals surface area contributed by atoms with Crippen LogP contribution in [0.15, 0.2) is 29.2 Å². The Kier molecular flexibility index (Phi) is 6.59. The van der Waals surface area contributed by atoms with Crippen molar-refractivity contribution < 1.29 is 17.9 Å². The van der Waals surface area contributed by atoms with Gasteiger partial charge < -0.3 is 10.1 Å². The van der Waals surface area contributed by atoms with Gasteiger partial charge in [-0.3, -0.25) is 4.79 Å². The summed E-state index contributed by atoms with van der Waals surface area (Å²) in [5, 5.41) is 2.91. The van der Waals surface area contributed by atoms with Crippen LogP contribution in [0.1, 0.15) is 50.9 Å². The molecule has 1 aromatic rings. The molecule has 1 aromatic carbocycles. The molecule has 1 saturated heterocycles. The van der Waals surface area contributed by atoms with Crippen molar-refractivity contribution in [1.82, 2.24) is 9.62 Å². The van der Waals surface area contributed by atoms with Crippen molar-refractivity contribution in [3.63, 3.8) is 0 Å². The molecule has 6 nitrogen and oxygen atoms in total. The largest absolute Gasteiger partial charge is 0.373 e. The van der Waals surface area contributed by atoms with E-state index in [0.717, 1.165) is 12.8 Å². The maximum absolute atomic E-state index is 12.8. The lowest BCUT2D eigenvalue weighted by Gasteiger charge is -2.34. The number of rotatable bonds is 6. The van der Waals surface area contributed by atoms with Crippen LogP contribution in [-0.4, -0.2) is 50.0 Å². The van der Waals surface area contributed by atoms with Crippen molar-refractivity contribution in [2.75, 3.05) is 13.1 Å². The van der Waals surface area contributed by atoms with Crippen molar-refractivity contribution >= 4 is 15.9 Å². The van der Waals surface area contributed by atoms with Gasteiger partial charge in [-0.25, -0.2) is 8.42 Å². The van der Waals surface area contributed by atoms with Crippen LogP contribution in [0.25, 0.3) is 0 Å². The third-order valence-corrected chi connectivity index (χ3v) is 6.09. The lowest BCUT2D eigenvalue weighted by molar-refractivity contribution is -0.0440. The second kappa shape index (κ2) is 8.29. The minimum absolute atomic E-state index is 0.0947. The molecule has 1 heterocycles. The molecule has 1 fully saturated rings. The van der Waals surface area contributed by atoms with Gasteiger partial charge in [0.15, 0.2) is 0 Å². The van der Waals surface area contributed by atoms with Crippen molar-refractivity contribution in [2.45, 2.75) is 63.7 Å². The molecule has 0 radical (unpaired) electrons. The van der Waals surface area contributed by atoms with E-state index < -0.39 is 10.0 Å². The summed E-state index contributed by atoms with van der Waals surface area (Å²) in [5.74, 6) is -0.182. The Morgan fingerprint density at radius 2 is 1.80 bits per heavy atom. The van der Waals surface area contributed by atoms with Crippen molar-refractivity contribution in [2.24, 2.45) is 0 Å². The number of morpholine rings is 1. The number of nitrogens with zero attached hydrogens (tertiary/aromatic N) is 1. The fraction of sp³-hybridized carbons (Fsp3) is 0.611. The first-order chi connectivity index (χ1) is 11.7. The predicted molar refractivity (Wildman–Crippen MR) is 97.0 cm³/mol. The average Bonchev–Trinajstić information content (AvgIpc) is 2.54. The predicted octanol–water partition coefficient (Wildman–Crippen LogP) is 2.40.